The molecule has 2 aliphatic rings. The van der Waals surface area contributed by atoms with Crippen LogP contribution < -0.4 is 0 Å². The van der Waals surface area contributed by atoms with Gasteiger partial charge in [0.15, 0.2) is 0 Å². The number of esters is 1. The third-order valence-corrected chi connectivity index (χ3v) is 6.58. The number of hydrogen-bond acceptors (Lipinski definition) is 6. The van der Waals surface area contributed by atoms with E-state index in [0.717, 1.165) is 12.8 Å². The minimum Gasteiger partial charge on any atom is -0.459 e. The van der Waals surface area contributed by atoms with Gasteiger partial charge in [0.25, 0.3) is 0 Å². The topological polar surface area (TPSA) is 65.1 Å². The van der Waals surface area contributed by atoms with Crippen molar-refractivity contribution in [1.82, 2.24) is 4.90 Å². The number of carbonyl (C=O) groups is 2. The van der Waals surface area contributed by atoms with Crippen molar-refractivity contribution < 1.29 is 23.8 Å². The molecule has 6 nitrogen and oxygen atoms in total. The highest BCUT2D eigenvalue weighted by Gasteiger charge is 2.60. The van der Waals surface area contributed by atoms with Crippen LogP contribution in [-0.2, 0) is 19.0 Å². The van der Waals surface area contributed by atoms with Crippen LogP contribution in [0.3, 0.4) is 0 Å². The molecular weight excluding hydrogens is 378 g/mol. The molecule has 1 heterocycles. The Hall–Kier alpha value is -0.950. The molecule has 0 aromatic heterocycles. The smallest absolute Gasteiger partial charge is 0.412 e. The molecule has 1 aliphatic heterocycles. The van der Waals surface area contributed by atoms with Gasteiger partial charge in [0.2, 0.25) is 0 Å². The second-order valence-electron chi connectivity index (χ2n) is 10.8. The summed E-state index contributed by atoms with van der Waals surface area (Å²) in [6.07, 6.45) is 1.19. The van der Waals surface area contributed by atoms with Gasteiger partial charge < -0.3 is 14.2 Å². The van der Waals surface area contributed by atoms with Crippen LogP contribution in [-0.4, -0.2) is 56.0 Å². The molecule has 0 bridgehead atoms. The van der Waals surface area contributed by atoms with Crippen molar-refractivity contribution >= 4 is 23.8 Å². The summed E-state index contributed by atoms with van der Waals surface area (Å²) in [4.78, 5) is 27.4. The van der Waals surface area contributed by atoms with Crippen molar-refractivity contribution in [3.63, 3.8) is 0 Å². The van der Waals surface area contributed by atoms with E-state index in [0.29, 0.717) is 6.61 Å². The van der Waals surface area contributed by atoms with Crippen LogP contribution in [0.15, 0.2) is 0 Å². The summed E-state index contributed by atoms with van der Waals surface area (Å²) >= 11 is 1.60. The van der Waals surface area contributed by atoms with E-state index < -0.39 is 32.5 Å². The largest absolute Gasteiger partial charge is 0.459 e. The van der Waals surface area contributed by atoms with Crippen molar-refractivity contribution in [3.8, 4) is 0 Å². The molecular formula is C21H37NO5S. The third kappa shape index (κ3) is 5.35. The van der Waals surface area contributed by atoms with Crippen molar-refractivity contribution in [2.24, 2.45) is 0 Å². The fourth-order valence-corrected chi connectivity index (χ4v) is 5.12. The summed E-state index contributed by atoms with van der Waals surface area (Å²) in [5.41, 5.74) is -1.88. The molecule has 0 aromatic rings. The lowest BCUT2D eigenvalue weighted by Gasteiger charge is -2.42. The van der Waals surface area contributed by atoms with Gasteiger partial charge in [-0.25, -0.2) is 4.79 Å². The zero-order valence-corrected chi connectivity index (χ0v) is 19.9. The van der Waals surface area contributed by atoms with Gasteiger partial charge in [-0.15, -0.1) is 11.8 Å². The number of nitrogens with zero attached hydrogens (tertiary/aromatic N) is 1. The molecule has 0 spiro atoms. The van der Waals surface area contributed by atoms with E-state index in [9.17, 15) is 9.59 Å². The molecule has 7 heteroatoms. The van der Waals surface area contributed by atoms with Crippen molar-refractivity contribution in [3.05, 3.63) is 0 Å². The quantitative estimate of drug-likeness (QED) is 0.618. The maximum atomic E-state index is 13.0. The number of amides is 1. The van der Waals surface area contributed by atoms with Gasteiger partial charge in [0.05, 0.1) is 12.6 Å². The molecule has 0 aromatic carbocycles. The molecule has 0 radical (unpaired) electrons. The predicted molar refractivity (Wildman–Crippen MR) is 111 cm³/mol. The summed E-state index contributed by atoms with van der Waals surface area (Å²) in [6.45, 7) is 19.5. The van der Waals surface area contributed by atoms with E-state index in [1.54, 1.807) is 16.7 Å². The number of hydrogen-bond donors (Lipinski definition) is 0. The van der Waals surface area contributed by atoms with Crippen LogP contribution in [0.4, 0.5) is 4.79 Å². The average molecular weight is 416 g/mol. The second kappa shape index (κ2) is 7.08. The van der Waals surface area contributed by atoms with Crippen molar-refractivity contribution in [2.45, 2.75) is 115 Å². The lowest BCUT2D eigenvalue weighted by atomic mass is 10.0. The average Bonchev–Trinajstić information content (AvgIpc) is 3.11. The van der Waals surface area contributed by atoms with E-state index in [1.165, 1.54) is 0 Å². The first-order valence-electron chi connectivity index (χ1n) is 9.99. The highest BCUT2D eigenvalue weighted by Crippen LogP contribution is 2.57. The summed E-state index contributed by atoms with van der Waals surface area (Å²) in [7, 11) is 0. The normalized spacial score (nSPS) is 24.1. The van der Waals surface area contributed by atoms with E-state index in [-0.39, 0.29) is 12.0 Å². The van der Waals surface area contributed by atoms with E-state index >= 15 is 0 Å². The van der Waals surface area contributed by atoms with Gasteiger partial charge >= 0.3 is 12.1 Å². The Balaban J connectivity index is 2.21. The number of rotatable bonds is 4. The number of carbonyl (C=O) groups excluding carboxylic acids is 2. The Bertz CT molecular complexity index is 626. The fraction of sp³-hybridized carbons (Fsp3) is 0.905. The van der Waals surface area contributed by atoms with Crippen molar-refractivity contribution in [2.75, 3.05) is 6.61 Å². The minimum atomic E-state index is -0.770. The van der Waals surface area contributed by atoms with Crippen LogP contribution >= 0.6 is 11.8 Å². The summed E-state index contributed by atoms with van der Waals surface area (Å²) in [5, 5.41) is 0. The van der Waals surface area contributed by atoms with Gasteiger partial charge in [-0.1, -0.05) is 0 Å². The molecule has 1 amide bonds. The van der Waals surface area contributed by atoms with Crippen LogP contribution in [0.5, 0.6) is 0 Å². The molecule has 2 fully saturated rings. The molecule has 1 aliphatic carbocycles. The maximum Gasteiger partial charge on any atom is 0.412 e. The fourth-order valence-electron chi connectivity index (χ4n) is 3.38. The first-order valence-corrected chi connectivity index (χ1v) is 10.8. The number of thioether (sulfide) groups is 1. The molecule has 1 unspecified atom stereocenters. The first-order chi connectivity index (χ1) is 12.4. The van der Waals surface area contributed by atoms with Crippen LogP contribution in [0, 0.1) is 0 Å². The molecule has 2 rings (SSSR count). The van der Waals surface area contributed by atoms with Gasteiger partial charge in [0, 0.05) is 4.75 Å². The van der Waals surface area contributed by atoms with E-state index in [2.05, 4.69) is 13.8 Å². The Kier molecular flexibility index (Phi) is 5.90. The highest BCUT2D eigenvalue weighted by molar-refractivity contribution is 8.03. The van der Waals surface area contributed by atoms with E-state index in [1.807, 2.05) is 55.4 Å². The van der Waals surface area contributed by atoms with Crippen molar-refractivity contribution in [1.29, 1.82) is 0 Å². The van der Waals surface area contributed by atoms with Crippen LogP contribution in [0.25, 0.3) is 0 Å². The monoisotopic (exact) mass is 415 g/mol. The molecule has 1 atom stereocenters. The lowest BCUT2D eigenvalue weighted by molar-refractivity contribution is -0.155. The van der Waals surface area contributed by atoms with E-state index in [4.69, 9.17) is 14.2 Å². The Labute approximate surface area is 174 Å². The van der Waals surface area contributed by atoms with Crippen LogP contribution in [0.1, 0.15) is 82.1 Å². The maximum absolute atomic E-state index is 13.0. The van der Waals surface area contributed by atoms with Gasteiger partial charge in [-0.3, -0.25) is 9.69 Å². The van der Waals surface area contributed by atoms with Crippen LogP contribution in [0.2, 0.25) is 0 Å². The molecule has 0 N–H and O–H groups in total. The van der Waals surface area contributed by atoms with Gasteiger partial charge in [-0.05, 0) is 82.1 Å². The summed E-state index contributed by atoms with van der Waals surface area (Å²) in [5.74, 6) is -0.167. The highest BCUT2D eigenvalue weighted by atomic mass is 32.2. The SMILES string of the molecule is CC(C)(C)OC(=O)N1C(C(C)(C)SC2(C(=O)OC(C)(C)C)CC2)COC1(C)C. The lowest BCUT2D eigenvalue weighted by Crippen LogP contribution is -2.56. The Morgan fingerprint density at radius 3 is 1.89 bits per heavy atom. The second-order valence-corrected chi connectivity index (χ2v) is 12.9. The Morgan fingerprint density at radius 2 is 1.46 bits per heavy atom. The zero-order valence-electron chi connectivity index (χ0n) is 19.1. The summed E-state index contributed by atoms with van der Waals surface area (Å²) in [6, 6.07) is -0.220. The predicted octanol–water partition coefficient (Wildman–Crippen LogP) is 4.74. The standard InChI is InChI=1S/C21H37NO5S/c1-17(2,3)26-15(23)21(11-12-21)28-19(7,8)14-13-25-20(9,10)22(14)16(24)27-18(4,5)6/h14H,11-13H2,1-10H3. The molecule has 1 saturated heterocycles. The molecule has 1 saturated carbocycles. The minimum absolute atomic E-state index is 0.167. The zero-order chi connectivity index (χ0) is 21.8. The molecule has 28 heavy (non-hydrogen) atoms. The number of ether oxygens (including phenoxy) is 3. The van der Waals surface area contributed by atoms with Gasteiger partial charge in [0.1, 0.15) is 21.7 Å². The Morgan fingerprint density at radius 1 is 0.964 bits per heavy atom. The third-order valence-electron chi connectivity index (χ3n) is 4.81. The molecule has 162 valence electrons. The van der Waals surface area contributed by atoms with Gasteiger partial charge in [-0.2, -0.15) is 0 Å². The first kappa shape index (κ1) is 23.3. The summed E-state index contributed by atoms with van der Waals surface area (Å²) < 4.78 is 16.3.